The Morgan fingerprint density at radius 1 is 1.09 bits per heavy atom. The molecule has 4 rings (SSSR count). The number of esters is 2. The van der Waals surface area contributed by atoms with E-state index in [0.717, 1.165) is 51.5 Å². The van der Waals surface area contributed by atoms with Crippen LogP contribution in [0.15, 0.2) is 0 Å². The van der Waals surface area contributed by atoms with Crippen LogP contribution >= 0.6 is 0 Å². The summed E-state index contributed by atoms with van der Waals surface area (Å²) in [6.07, 6.45) is 7.02. The number of hydrogen-bond donors (Lipinski definition) is 0. The quantitative estimate of drug-likeness (QED) is 0.694. The van der Waals surface area contributed by atoms with E-state index in [9.17, 15) is 9.59 Å². The predicted octanol–water partition coefficient (Wildman–Crippen LogP) is 2.28. The fourth-order valence-corrected chi connectivity index (χ4v) is 5.36. The van der Waals surface area contributed by atoms with Crippen LogP contribution in [0.3, 0.4) is 0 Å². The third kappa shape index (κ3) is 2.39. The summed E-state index contributed by atoms with van der Waals surface area (Å²) in [5.41, 5.74) is -0.296. The number of nitrogens with zero attached hydrogens (tertiary/aromatic N) is 1. The number of carbonyl (C=O) groups is 2. The molecular formula is C18H27NO4. The number of fused-ring (bicyclic) bond motifs is 2. The SMILES string of the molecule is C[C@@H]1C[C@]2(CCCCN3[C@@H]([C@@H]4C[C@H](C)C(=O)O4)CC[C@H]32)OC1=O. The normalized spacial score (nSPS) is 47.5. The van der Waals surface area contributed by atoms with Gasteiger partial charge in [-0.25, -0.2) is 0 Å². The largest absolute Gasteiger partial charge is 0.460 e. The summed E-state index contributed by atoms with van der Waals surface area (Å²) in [5.74, 6) is -0.0530. The summed E-state index contributed by atoms with van der Waals surface area (Å²) < 4.78 is 11.6. The van der Waals surface area contributed by atoms with Crippen molar-refractivity contribution in [3.63, 3.8) is 0 Å². The van der Waals surface area contributed by atoms with Gasteiger partial charge in [0.1, 0.15) is 11.7 Å². The van der Waals surface area contributed by atoms with Crippen LogP contribution < -0.4 is 0 Å². The average molecular weight is 321 g/mol. The molecule has 0 radical (unpaired) electrons. The van der Waals surface area contributed by atoms with Gasteiger partial charge in [0.2, 0.25) is 0 Å². The van der Waals surface area contributed by atoms with Crippen LogP contribution in [0.25, 0.3) is 0 Å². The zero-order chi connectivity index (χ0) is 16.2. The molecule has 0 bridgehead atoms. The van der Waals surface area contributed by atoms with Crippen molar-refractivity contribution in [3.05, 3.63) is 0 Å². The number of rotatable bonds is 1. The average Bonchev–Trinajstić information content (AvgIpc) is 3.11. The Bertz CT molecular complexity index is 521. The molecule has 5 nitrogen and oxygen atoms in total. The lowest BCUT2D eigenvalue weighted by Crippen LogP contribution is -2.52. The standard InChI is InChI=1S/C18H27NO4/c1-11-9-14(22-16(11)20)13-5-6-15-18(7-3-4-8-19(13)15)10-12(2)17(21)23-18/h11-15H,3-10H2,1-2H3/t11-,12+,13+,14-,15-,18-/m0/s1. The second-order valence-electron chi connectivity index (χ2n) is 8.06. The molecule has 0 aliphatic carbocycles. The first-order chi connectivity index (χ1) is 11.0. The smallest absolute Gasteiger partial charge is 0.309 e. The van der Waals surface area contributed by atoms with Crippen LogP contribution in [0.1, 0.15) is 58.8 Å². The molecule has 128 valence electrons. The van der Waals surface area contributed by atoms with Gasteiger partial charge in [-0.1, -0.05) is 13.8 Å². The molecule has 0 saturated carbocycles. The maximum absolute atomic E-state index is 12.1. The molecule has 1 spiro atoms. The monoisotopic (exact) mass is 321 g/mol. The molecule has 0 aromatic carbocycles. The van der Waals surface area contributed by atoms with Crippen molar-refractivity contribution in [1.29, 1.82) is 0 Å². The third-order valence-electron chi connectivity index (χ3n) is 6.48. The van der Waals surface area contributed by atoms with Gasteiger partial charge in [0.15, 0.2) is 0 Å². The highest BCUT2D eigenvalue weighted by molar-refractivity contribution is 5.75. The summed E-state index contributed by atoms with van der Waals surface area (Å²) in [6, 6.07) is 0.608. The first-order valence-corrected chi connectivity index (χ1v) is 9.19. The maximum atomic E-state index is 12.1. The Morgan fingerprint density at radius 2 is 1.91 bits per heavy atom. The lowest BCUT2D eigenvalue weighted by atomic mass is 9.83. The van der Waals surface area contributed by atoms with E-state index in [0.29, 0.717) is 12.1 Å². The first-order valence-electron chi connectivity index (χ1n) is 9.19. The van der Waals surface area contributed by atoms with Gasteiger partial charge in [-0.05, 0) is 45.1 Å². The van der Waals surface area contributed by atoms with E-state index in [2.05, 4.69) is 4.90 Å². The van der Waals surface area contributed by atoms with Crippen LogP contribution in [0.4, 0.5) is 0 Å². The Hall–Kier alpha value is -1.10. The highest BCUT2D eigenvalue weighted by atomic mass is 16.6. The Morgan fingerprint density at radius 3 is 2.57 bits per heavy atom. The fourth-order valence-electron chi connectivity index (χ4n) is 5.36. The van der Waals surface area contributed by atoms with E-state index in [1.807, 2.05) is 13.8 Å². The van der Waals surface area contributed by atoms with Gasteiger partial charge in [0.25, 0.3) is 0 Å². The number of ether oxygens (including phenoxy) is 2. The van der Waals surface area contributed by atoms with Crippen molar-refractivity contribution in [2.24, 2.45) is 11.8 Å². The molecule has 0 N–H and O–H groups in total. The molecule has 6 atom stereocenters. The minimum Gasteiger partial charge on any atom is -0.460 e. The predicted molar refractivity (Wildman–Crippen MR) is 83.6 cm³/mol. The Labute approximate surface area is 137 Å². The van der Waals surface area contributed by atoms with Crippen molar-refractivity contribution < 1.29 is 19.1 Å². The van der Waals surface area contributed by atoms with Gasteiger partial charge in [-0.2, -0.15) is 0 Å². The molecule has 5 heteroatoms. The van der Waals surface area contributed by atoms with E-state index in [1.165, 1.54) is 0 Å². The zero-order valence-electron chi connectivity index (χ0n) is 14.1. The van der Waals surface area contributed by atoms with Crippen molar-refractivity contribution in [3.8, 4) is 0 Å². The van der Waals surface area contributed by atoms with Crippen LogP contribution in [-0.4, -0.2) is 47.2 Å². The topological polar surface area (TPSA) is 55.8 Å². The number of hydrogen-bond acceptors (Lipinski definition) is 5. The van der Waals surface area contributed by atoms with Crippen LogP contribution in [0.5, 0.6) is 0 Å². The molecule has 4 aliphatic heterocycles. The van der Waals surface area contributed by atoms with Crippen molar-refractivity contribution in [1.82, 2.24) is 4.90 Å². The number of cyclic esters (lactones) is 1. The molecule has 4 aliphatic rings. The summed E-state index contributed by atoms with van der Waals surface area (Å²) in [7, 11) is 0. The molecule has 4 heterocycles. The van der Waals surface area contributed by atoms with Gasteiger partial charge < -0.3 is 9.47 Å². The van der Waals surface area contributed by atoms with Gasteiger partial charge in [-0.3, -0.25) is 14.5 Å². The highest BCUT2D eigenvalue weighted by Gasteiger charge is 2.57. The summed E-state index contributed by atoms with van der Waals surface area (Å²) in [5, 5.41) is 0. The minimum atomic E-state index is -0.296. The molecule has 0 unspecified atom stereocenters. The van der Waals surface area contributed by atoms with Crippen LogP contribution in [-0.2, 0) is 19.1 Å². The van der Waals surface area contributed by atoms with Gasteiger partial charge in [0, 0.05) is 12.5 Å². The molecule has 0 aromatic rings. The Kier molecular flexibility index (Phi) is 3.67. The summed E-state index contributed by atoms with van der Waals surface area (Å²) in [4.78, 5) is 26.4. The molecule has 4 fully saturated rings. The molecule has 23 heavy (non-hydrogen) atoms. The van der Waals surface area contributed by atoms with E-state index >= 15 is 0 Å². The first kappa shape index (κ1) is 15.4. The highest BCUT2D eigenvalue weighted by Crippen LogP contribution is 2.48. The van der Waals surface area contributed by atoms with Crippen molar-refractivity contribution >= 4 is 11.9 Å². The third-order valence-corrected chi connectivity index (χ3v) is 6.48. The summed E-state index contributed by atoms with van der Waals surface area (Å²) in [6.45, 7) is 4.98. The van der Waals surface area contributed by atoms with Gasteiger partial charge in [-0.15, -0.1) is 0 Å². The maximum Gasteiger partial charge on any atom is 0.309 e. The molecular weight excluding hydrogens is 294 g/mol. The minimum absolute atomic E-state index is 0.0123. The van der Waals surface area contributed by atoms with E-state index in [1.54, 1.807) is 0 Å². The zero-order valence-corrected chi connectivity index (χ0v) is 14.1. The van der Waals surface area contributed by atoms with E-state index in [-0.39, 0.29) is 35.5 Å². The van der Waals surface area contributed by atoms with Gasteiger partial charge in [0.05, 0.1) is 17.9 Å². The van der Waals surface area contributed by atoms with E-state index in [4.69, 9.17) is 9.47 Å². The number of carbonyl (C=O) groups excluding carboxylic acids is 2. The van der Waals surface area contributed by atoms with Crippen LogP contribution in [0.2, 0.25) is 0 Å². The van der Waals surface area contributed by atoms with Crippen molar-refractivity contribution in [2.45, 2.75) is 82.6 Å². The van der Waals surface area contributed by atoms with Crippen LogP contribution in [0, 0.1) is 11.8 Å². The Balaban J connectivity index is 1.57. The molecule has 0 aromatic heterocycles. The molecule has 4 saturated heterocycles. The second-order valence-corrected chi connectivity index (χ2v) is 8.06. The van der Waals surface area contributed by atoms with Gasteiger partial charge >= 0.3 is 11.9 Å². The van der Waals surface area contributed by atoms with E-state index < -0.39 is 0 Å². The molecule has 0 amide bonds. The van der Waals surface area contributed by atoms with Crippen molar-refractivity contribution in [2.75, 3.05) is 6.54 Å². The summed E-state index contributed by atoms with van der Waals surface area (Å²) >= 11 is 0. The fraction of sp³-hybridized carbons (Fsp3) is 0.889. The second kappa shape index (κ2) is 5.47. The lowest BCUT2D eigenvalue weighted by molar-refractivity contribution is -0.156. The lowest BCUT2D eigenvalue weighted by Gasteiger charge is -2.39.